The average molecular weight is 102 g/mol. The van der Waals surface area contributed by atoms with E-state index in [1.807, 2.05) is 0 Å². The highest BCUT2D eigenvalue weighted by Crippen LogP contribution is 2.25. The molecule has 0 saturated heterocycles. The molecule has 1 rings (SSSR count). The number of hydrogen-bond donors (Lipinski definition) is 2. The van der Waals surface area contributed by atoms with E-state index in [9.17, 15) is 0 Å². The van der Waals surface area contributed by atoms with Gasteiger partial charge < -0.3 is 11.4 Å². The van der Waals surface area contributed by atoms with Crippen molar-refractivity contribution in [1.82, 2.24) is 6.15 Å². The number of rotatable bonds is 1. The quantitative estimate of drug-likeness (QED) is 0.295. The van der Waals surface area contributed by atoms with Crippen LogP contribution in [0.4, 0.5) is 0 Å². The monoisotopic (exact) mass is 102 g/mol. The van der Waals surface area contributed by atoms with Gasteiger partial charge in [-0.2, -0.15) is 0 Å². The summed E-state index contributed by atoms with van der Waals surface area (Å²) in [5.74, 6) is 0.606. The largest absolute Gasteiger partial charge is 0.411 e. The first-order valence-electron chi connectivity index (χ1n) is 2.11. The second-order valence-corrected chi connectivity index (χ2v) is 1.60. The number of hydrogen-bond acceptors (Lipinski definition) is 3. The van der Waals surface area contributed by atoms with Gasteiger partial charge in [0.25, 0.3) is 0 Å². The van der Waals surface area contributed by atoms with Crippen LogP contribution in [-0.2, 0) is 0 Å². The molecule has 0 aromatic heterocycles. The Balaban J connectivity index is 0.000000360. The molecule has 0 bridgehead atoms. The second kappa shape index (κ2) is 2.58. The lowest BCUT2D eigenvalue weighted by atomic mass is 10.5. The molecule has 42 valence electrons. The standard InChI is InChI=1S/C4H7NO.H3N/c6-5-3-4-1-2-4;/h3-4,6H,1-2H2;1H3/b5-3+;. The van der Waals surface area contributed by atoms with Crippen molar-refractivity contribution in [3.8, 4) is 0 Å². The zero-order valence-corrected chi connectivity index (χ0v) is 4.17. The van der Waals surface area contributed by atoms with Crippen LogP contribution in [0.15, 0.2) is 5.16 Å². The van der Waals surface area contributed by atoms with Gasteiger partial charge in [0.2, 0.25) is 0 Å². The Labute approximate surface area is 42.6 Å². The van der Waals surface area contributed by atoms with E-state index in [0.29, 0.717) is 5.92 Å². The maximum absolute atomic E-state index is 7.85. The van der Waals surface area contributed by atoms with Crippen LogP contribution in [-0.4, -0.2) is 11.4 Å². The SMILES string of the molecule is N.O/N=C/C1CC1. The molecule has 0 heterocycles. The topological polar surface area (TPSA) is 67.6 Å². The maximum atomic E-state index is 7.85. The Hall–Kier alpha value is -0.570. The summed E-state index contributed by atoms with van der Waals surface area (Å²) in [5, 5.41) is 10.7. The zero-order valence-electron chi connectivity index (χ0n) is 4.17. The maximum Gasteiger partial charge on any atom is 0.0466 e. The predicted molar refractivity (Wildman–Crippen MR) is 28.0 cm³/mol. The lowest BCUT2D eigenvalue weighted by molar-refractivity contribution is 0.320. The molecule has 0 amide bonds. The molecular weight excluding hydrogens is 92.1 g/mol. The third kappa shape index (κ3) is 2.17. The van der Waals surface area contributed by atoms with Gasteiger partial charge in [0, 0.05) is 6.21 Å². The Morgan fingerprint density at radius 2 is 2.14 bits per heavy atom. The molecule has 4 N–H and O–H groups in total. The molecular formula is C4H10N2O. The lowest BCUT2D eigenvalue weighted by Gasteiger charge is -1.68. The van der Waals surface area contributed by atoms with Crippen molar-refractivity contribution in [1.29, 1.82) is 0 Å². The van der Waals surface area contributed by atoms with Crippen LogP contribution in [0, 0.1) is 5.92 Å². The van der Waals surface area contributed by atoms with Crippen LogP contribution in [0.1, 0.15) is 12.8 Å². The van der Waals surface area contributed by atoms with Gasteiger partial charge in [-0.15, -0.1) is 5.16 Å². The van der Waals surface area contributed by atoms with Crippen molar-refractivity contribution in [3.05, 3.63) is 0 Å². The molecule has 1 aliphatic rings. The summed E-state index contributed by atoms with van der Waals surface area (Å²) in [5.41, 5.74) is 0. The summed E-state index contributed by atoms with van der Waals surface area (Å²) in [6.45, 7) is 0. The van der Waals surface area contributed by atoms with Crippen molar-refractivity contribution < 1.29 is 5.21 Å². The van der Waals surface area contributed by atoms with Gasteiger partial charge in [0.05, 0.1) is 0 Å². The summed E-state index contributed by atoms with van der Waals surface area (Å²) < 4.78 is 0. The van der Waals surface area contributed by atoms with Gasteiger partial charge in [0.15, 0.2) is 0 Å². The smallest absolute Gasteiger partial charge is 0.0466 e. The first-order chi connectivity index (χ1) is 2.93. The number of nitrogens with zero attached hydrogens (tertiary/aromatic N) is 1. The highest BCUT2D eigenvalue weighted by Gasteiger charge is 2.18. The predicted octanol–water partition coefficient (Wildman–Crippen LogP) is 1.02. The van der Waals surface area contributed by atoms with Crippen LogP contribution >= 0.6 is 0 Å². The molecule has 7 heavy (non-hydrogen) atoms. The van der Waals surface area contributed by atoms with Gasteiger partial charge >= 0.3 is 0 Å². The fourth-order valence-electron chi connectivity index (χ4n) is 0.340. The number of oxime groups is 1. The van der Waals surface area contributed by atoms with Crippen LogP contribution in [0.3, 0.4) is 0 Å². The van der Waals surface area contributed by atoms with Gasteiger partial charge in [-0.3, -0.25) is 0 Å². The minimum absolute atomic E-state index is 0. The van der Waals surface area contributed by atoms with Gasteiger partial charge in [-0.05, 0) is 18.8 Å². The molecule has 3 nitrogen and oxygen atoms in total. The third-order valence-corrected chi connectivity index (χ3v) is 0.899. The molecule has 3 heteroatoms. The van der Waals surface area contributed by atoms with Crippen molar-refractivity contribution in [2.24, 2.45) is 11.1 Å². The first kappa shape index (κ1) is 6.43. The van der Waals surface area contributed by atoms with Crippen molar-refractivity contribution in [2.75, 3.05) is 0 Å². The first-order valence-corrected chi connectivity index (χ1v) is 2.11. The van der Waals surface area contributed by atoms with Crippen molar-refractivity contribution in [2.45, 2.75) is 12.8 Å². The minimum atomic E-state index is 0. The Morgan fingerprint density at radius 3 is 2.29 bits per heavy atom. The fourth-order valence-corrected chi connectivity index (χ4v) is 0.340. The van der Waals surface area contributed by atoms with Crippen LogP contribution < -0.4 is 6.15 Å². The van der Waals surface area contributed by atoms with Crippen molar-refractivity contribution >= 4 is 6.21 Å². The third-order valence-electron chi connectivity index (χ3n) is 0.899. The van der Waals surface area contributed by atoms with E-state index in [4.69, 9.17) is 5.21 Å². The summed E-state index contributed by atoms with van der Waals surface area (Å²) in [6, 6.07) is 0. The van der Waals surface area contributed by atoms with Gasteiger partial charge in [-0.25, -0.2) is 0 Å². The Kier molecular flexibility index (Phi) is 2.37. The van der Waals surface area contributed by atoms with E-state index in [-0.39, 0.29) is 6.15 Å². The molecule has 0 spiro atoms. The van der Waals surface area contributed by atoms with E-state index in [1.54, 1.807) is 6.21 Å². The Bertz CT molecular complexity index is 68.1. The highest BCUT2D eigenvalue weighted by atomic mass is 16.4. The second-order valence-electron chi connectivity index (χ2n) is 1.60. The van der Waals surface area contributed by atoms with E-state index in [1.165, 1.54) is 12.8 Å². The van der Waals surface area contributed by atoms with Crippen LogP contribution in [0.25, 0.3) is 0 Å². The average Bonchev–Trinajstić information content (AvgIpc) is 2.21. The molecule has 1 fully saturated rings. The van der Waals surface area contributed by atoms with Gasteiger partial charge in [-0.1, -0.05) is 0 Å². The van der Waals surface area contributed by atoms with Crippen LogP contribution in [0.2, 0.25) is 0 Å². The molecule has 1 saturated carbocycles. The molecule has 0 aromatic rings. The van der Waals surface area contributed by atoms with Crippen molar-refractivity contribution in [3.63, 3.8) is 0 Å². The molecule has 1 aliphatic carbocycles. The minimum Gasteiger partial charge on any atom is -0.411 e. The van der Waals surface area contributed by atoms with E-state index < -0.39 is 0 Å². The Morgan fingerprint density at radius 1 is 1.57 bits per heavy atom. The normalized spacial score (nSPS) is 19.4. The molecule has 0 radical (unpaired) electrons. The zero-order chi connectivity index (χ0) is 4.41. The summed E-state index contributed by atoms with van der Waals surface area (Å²) in [7, 11) is 0. The molecule has 0 atom stereocenters. The summed E-state index contributed by atoms with van der Waals surface area (Å²) in [4.78, 5) is 0. The lowest BCUT2D eigenvalue weighted by Crippen LogP contribution is -1.70. The highest BCUT2D eigenvalue weighted by molar-refractivity contribution is 5.62. The molecule has 0 aromatic carbocycles. The van der Waals surface area contributed by atoms with Gasteiger partial charge in [0.1, 0.15) is 0 Å². The van der Waals surface area contributed by atoms with E-state index in [0.717, 1.165) is 0 Å². The summed E-state index contributed by atoms with van der Waals surface area (Å²) in [6.07, 6.45) is 4.01. The molecule has 0 aliphatic heterocycles. The molecule has 0 unspecified atom stereocenters. The van der Waals surface area contributed by atoms with E-state index in [2.05, 4.69) is 5.16 Å². The fraction of sp³-hybridized carbons (Fsp3) is 0.750. The van der Waals surface area contributed by atoms with Crippen LogP contribution in [0.5, 0.6) is 0 Å². The van der Waals surface area contributed by atoms with E-state index >= 15 is 0 Å². The summed E-state index contributed by atoms with van der Waals surface area (Å²) >= 11 is 0.